The van der Waals surface area contributed by atoms with E-state index in [1.54, 1.807) is 18.3 Å². The number of aryl methyl sites for hydroxylation is 2. The second kappa shape index (κ2) is 7.64. The van der Waals surface area contributed by atoms with Crippen molar-refractivity contribution in [2.24, 2.45) is 0 Å². The molecule has 3 aromatic heterocycles. The smallest absolute Gasteiger partial charge is 0.306 e. The molecule has 0 bridgehead atoms. The Hall–Kier alpha value is -3.48. The second-order valence-electron chi connectivity index (χ2n) is 6.49. The Kier molecular flexibility index (Phi) is 4.89. The molecule has 0 radical (unpaired) electrons. The van der Waals surface area contributed by atoms with Crippen LogP contribution in [0.1, 0.15) is 23.6 Å². The number of pyridine rings is 1. The van der Waals surface area contributed by atoms with Gasteiger partial charge in [0.05, 0.1) is 18.3 Å². The van der Waals surface area contributed by atoms with Crippen LogP contribution in [0, 0.1) is 12.7 Å². The van der Waals surface area contributed by atoms with Gasteiger partial charge in [-0.3, -0.25) is 4.79 Å². The summed E-state index contributed by atoms with van der Waals surface area (Å²) in [4.78, 5) is 20.6. The lowest BCUT2D eigenvalue weighted by Gasteiger charge is -2.01. The number of benzene rings is 1. The van der Waals surface area contributed by atoms with Gasteiger partial charge in [0, 0.05) is 24.4 Å². The quantitative estimate of drug-likeness (QED) is 0.472. The number of hydrogen-bond acceptors (Lipinski definition) is 5. The van der Waals surface area contributed by atoms with Gasteiger partial charge in [0.25, 0.3) is 0 Å². The fraction of sp³-hybridized carbons (Fsp3) is 0.190. The van der Waals surface area contributed by atoms with E-state index >= 15 is 0 Å². The summed E-state index contributed by atoms with van der Waals surface area (Å²) in [6.07, 6.45) is 5.85. The number of carbonyl (C=O) groups is 1. The van der Waals surface area contributed by atoms with Crippen LogP contribution in [0.5, 0.6) is 0 Å². The third kappa shape index (κ3) is 4.09. The van der Waals surface area contributed by atoms with Gasteiger partial charge in [-0.2, -0.15) is 0 Å². The first kappa shape index (κ1) is 17.9. The van der Waals surface area contributed by atoms with Crippen molar-refractivity contribution in [1.29, 1.82) is 0 Å². The maximum Gasteiger partial charge on any atom is 0.306 e. The summed E-state index contributed by atoms with van der Waals surface area (Å²) in [5.74, 6) is 0.296. The summed E-state index contributed by atoms with van der Waals surface area (Å²) in [6.45, 7) is 2.12. The van der Waals surface area contributed by atoms with E-state index < -0.39 is 0 Å². The second-order valence-corrected chi connectivity index (χ2v) is 6.49. The van der Waals surface area contributed by atoms with Crippen LogP contribution < -0.4 is 0 Å². The van der Waals surface area contributed by atoms with Gasteiger partial charge in [0.1, 0.15) is 18.1 Å². The number of carbonyl (C=O) groups excluding carboxylic acids is 1. The molecule has 7 heteroatoms. The van der Waals surface area contributed by atoms with Crippen molar-refractivity contribution >= 4 is 11.6 Å². The Balaban J connectivity index is 1.30. The van der Waals surface area contributed by atoms with Crippen LogP contribution in [-0.2, 0) is 22.6 Å². The van der Waals surface area contributed by atoms with Gasteiger partial charge in [-0.1, -0.05) is 6.07 Å². The summed E-state index contributed by atoms with van der Waals surface area (Å²) in [5.41, 5.74) is 3.35. The van der Waals surface area contributed by atoms with Crippen molar-refractivity contribution < 1.29 is 18.3 Å². The van der Waals surface area contributed by atoms with E-state index in [0.29, 0.717) is 23.8 Å². The zero-order valence-electron chi connectivity index (χ0n) is 15.3. The number of halogens is 1. The van der Waals surface area contributed by atoms with E-state index in [1.165, 1.54) is 12.1 Å². The fourth-order valence-corrected chi connectivity index (χ4v) is 2.83. The molecule has 1 aromatic carbocycles. The summed E-state index contributed by atoms with van der Waals surface area (Å²) in [6, 6.07) is 9.84. The first-order chi connectivity index (χ1) is 13.6. The highest BCUT2D eigenvalue weighted by Crippen LogP contribution is 2.21. The molecule has 3 heterocycles. The molecule has 0 saturated heterocycles. The Bertz CT molecular complexity index is 1120. The minimum atomic E-state index is -0.352. The molecular formula is C21H18FN3O3. The molecule has 142 valence electrons. The van der Waals surface area contributed by atoms with E-state index in [2.05, 4.69) is 9.97 Å². The third-order valence-electron chi connectivity index (χ3n) is 4.26. The SMILES string of the molecule is Cc1ccc2nc(COC(=O)CCc3ncc(-c4ccc(F)cc4)o3)cn2c1. The molecule has 6 nitrogen and oxygen atoms in total. The number of esters is 1. The molecule has 0 atom stereocenters. The van der Waals surface area contributed by atoms with Crippen molar-refractivity contribution in [2.75, 3.05) is 0 Å². The van der Waals surface area contributed by atoms with Gasteiger partial charge in [-0.25, -0.2) is 14.4 Å². The number of oxazole rings is 1. The highest BCUT2D eigenvalue weighted by molar-refractivity contribution is 5.69. The largest absolute Gasteiger partial charge is 0.459 e. The topological polar surface area (TPSA) is 69.6 Å². The van der Waals surface area contributed by atoms with Crippen LogP contribution in [-0.4, -0.2) is 20.3 Å². The van der Waals surface area contributed by atoms with E-state index in [-0.39, 0.29) is 24.8 Å². The molecule has 4 rings (SSSR count). The predicted molar refractivity (Wildman–Crippen MR) is 99.9 cm³/mol. The molecule has 0 saturated carbocycles. The predicted octanol–water partition coefficient (Wildman–Crippen LogP) is 4.11. The first-order valence-corrected chi connectivity index (χ1v) is 8.87. The summed E-state index contributed by atoms with van der Waals surface area (Å²) < 4.78 is 25.8. The Morgan fingerprint density at radius 2 is 2.00 bits per heavy atom. The molecule has 0 amide bonds. The van der Waals surface area contributed by atoms with Gasteiger partial charge < -0.3 is 13.6 Å². The molecule has 0 aliphatic heterocycles. The molecule has 0 aliphatic carbocycles. The van der Waals surface area contributed by atoms with E-state index in [0.717, 1.165) is 16.8 Å². The third-order valence-corrected chi connectivity index (χ3v) is 4.26. The lowest BCUT2D eigenvalue weighted by molar-refractivity contribution is -0.145. The number of ether oxygens (including phenoxy) is 1. The normalized spacial score (nSPS) is 11.1. The van der Waals surface area contributed by atoms with Crippen LogP contribution in [0.15, 0.2) is 59.4 Å². The average molecular weight is 379 g/mol. The van der Waals surface area contributed by atoms with Crippen LogP contribution in [0.2, 0.25) is 0 Å². The highest BCUT2D eigenvalue weighted by atomic mass is 19.1. The molecule has 28 heavy (non-hydrogen) atoms. The standard InChI is InChI=1S/C21H18FN3O3/c1-14-2-7-19-24-17(12-25(19)11-14)13-27-21(26)9-8-20-23-10-18(28-20)15-3-5-16(22)6-4-15/h2-7,10-12H,8-9,13H2,1H3. The maximum atomic E-state index is 13.0. The van der Waals surface area contributed by atoms with Crippen LogP contribution in [0.4, 0.5) is 4.39 Å². The van der Waals surface area contributed by atoms with Crippen LogP contribution >= 0.6 is 0 Å². The van der Waals surface area contributed by atoms with Gasteiger partial charge in [-0.15, -0.1) is 0 Å². The van der Waals surface area contributed by atoms with Crippen molar-refractivity contribution in [1.82, 2.24) is 14.4 Å². The van der Waals surface area contributed by atoms with E-state index in [9.17, 15) is 9.18 Å². The summed E-state index contributed by atoms with van der Waals surface area (Å²) in [5, 5.41) is 0. The van der Waals surface area contributed by atoms with Crippen LogP contribution in [0.25, 0.3) is 17.0 Å². The van der Waals surface area contributed by atoms with Crippen molar-refractivity contribution in [2.45, 2.75) is 26.4 Å². The number of rotatable bonds is 6. The maximum absolute atomic E-state index is 13.0. The molecule has 0 aliphatic rings. The van der Waals surface area contributed by atoms with E-state index in [4.69, 9.17) is 9.15 Å². The lowest BCUT2D eigenvalue weighted by Crippen LogP contribution is -2.06. The Labute approximate surface area is 160 Å². The molecular weight excluding hydrogens is 361 g/mol. The van der Waals surface area contributed by atoms with Gasteiger partial charge >= 0.3 is 5.97 Å². The average Bonchev–Trinajstić information content (AvgIpc) is 3.31. The van der Waals surface area contributed by atoms with Gasteiger partial charge in [0.15, 0.2) is 11.7 Å². The minimum Gasteiger partial charge on any atom is -0.459 e. The first-order valence-electron chi connectivity index (χ1n) is 8.87. The molecule has 0 fully saturated rings. The summed E-state index contributed by atoms with van der Waals surface area (Å²) >= 11 is 0. The molecule has 0 spiro atoms. The number of aromatic nitrogens is 3. The molecule has 0 unspecified atom stereocenters. The number of imidazole rings is 1. The number of hydrogen-bond donors (Lipinski definition) is 0. The van der Waals surface area contributed by atoms with Gasteiger partial charge in [-0.05, 0) is 42.8 Å². The van der Waals surface area contributed by atoms with Crippen LogP contribution in [0.3, 0.4) is 0 Å². The lowest BCUT2D eigenvalue weighted by atomic mass is 10.2. The number of fused-ring (bicyclic) bond motifs is 1. The monoisotopic (exact) mass is 379 g/mol. The molecule has 0 N–H and O–H groups in total. The fourth-order valence-electron chi connectivity index (χ4n) is 2.83. The van der Waals surface area contributed by atoms with Crippen molar-refractivity contribution in [3.05, 3.63) is 78.0 Å². The summed E-state index contributed by atoms with van der Waals surface area (Å²) in [7, 11) is 0. The Morgan fingerprint density at radius 3 is 2.82 bits per heavy atom. The zero-order valence-corrected chi connectivity index (χ0v) is 15.3. The van der Waals surface area contributed by atoms with Crippen molar-refractivity contribution in [3.63, 3.8) is 0 Å². The van der Waals surface area contributed by atoms with E-state index in [1.807, 2.05) is 35.9 Å². The minimum absolute atomic E-state index is 0.117. The number of nitrogens with zero attached hydrogens (tertiary/aromatic N) is 3. The highest BCUT2D eigenvalue weighted by Gasteiger charge is 2.11. The van der Waals surface area contributed by atoms with Crippen molar-refractivity contribution in [3.8, 4) is 11.3 Å². The zero-order chi connectivity index (χ0) is 19.5. The molecule has 4 aromatic rings. The Morgan fingerprint density at radius 1 is 1.18 bits per heavy atom. The van der Waals surface area contributed by atoms with Gasteiger partial charge in [0.2, 0.25) is 0 Å².